The first-order chi connectivity index (χ1) is 9.65. The molecule has 0 N–H and O–H groups in total. The van der Waals surface area contributed by atoms with Crippen LogP contribution in [0.25, 0.3) is 0 Å². The van der Waals surface area contributed by atoms with E-state index in [9.17, 15) is 10.1 Å². The summed E-state index contributed by atoms with van der Waals surface area (Å²) in [5.41, 5.74) is 4.48. The van der Waals surface area contributed by atoms with Crippen LogP contribution in [0.15, 0.2) is 36.7 Å². The van der Waals surface area contributed by atoms with Gasteiger partial charge in [-0.05, 0) is 42.7 Å². The molecule has 0 fully saturated rings. The molecule has 5 heteroatoms. The van der Waals surface area contributed by atoms with Crippen LogP contribution < -0.4 is 4.90 Å². The van der Waals surface area contributed by atoms with Gasteiger partial charge in [-0.2, -0.15) is 0 Å². The van der Waals surface area contributed by atoms with E-state index in [1.807, 2.05) is 24.5 Å². The second-order valence-corrected chi connectivity index (χ2v) is 5.04. The van der Waals surface area contributed by atoms with Crippen molar-refractivity contribution < 1.29 is 4.92 Å². The molecular weight excluding hydrogens is 254 g/mol. The lowest BCUT2D eigenvalue weighted by Crippen LogP contribution is -2.30. The Labute approximate surface area is 117 Å². The minimum absolute atomic E-state index is 0.174. The van der Waals surface area contributed by atoms with Gasteiger partial charge in [0.15, 0.2) is 0 Å². The summed E-state index contributed by atoms with van der Waals surface area (Å²) in [6.07, 6.45) is 4.71. The topological polar surface area (TPSA) is 59.3 Å². The number of rotatable bonds is 2. The van der Waals surface area contributed by atoms with Crippen LogP contribution in [-0.2, 0) is 13.0 Å². The van der Waals surface area contributed by atoms with Gasteiger partial charge in [0.1, 0.15) is 0 Å². The third-order valence-electron chi connectivity index (χ3n) is 3.76. The number of nitro benzene ring substituents is 1. The molecule has 2 heterocycles. The van der Waals surface area contributed by atoms with Gasteiger partial charge in [0, 0.05) is 42.8 Å². The summed E-state index contributed by atoms with van der Waals surface area (Å²) in [4.78, 5) is 16.9. The van der Waals surface area contributed by atoms with Crippen molar-refractivity contribution in [1.29, 1.82) is 0 Å². The van der Waals surface area contributed by atoms with Crippen molar-refractivity contribution in [2.75, 3.05) is 11.4 Å². The number of anilines is 1. The summed E-state index contributed by atoms with van der Waals surface area (Å²) in [5, 5.41) is 10.9. The van der Waals surface area contributed by atoms with Gasteiger partial charge in [0.05, 0.1) is 4.92 Å². The van der Waals surface area contributed by atoms with Crippen LogP contribution in [0.5, 0.6) is 0 Å². The molecule has 1 aromatic heterocycles. The smallest absolute Gasteiger partial charge is 0.272 e. The van der Waals surface area contributed by atoms with Crippen molar-refractivity contribution in [2.45, 2.75) is 19.9 Å². The van der Waals surface area contributed by atoms with Gasteiger partial charge in [0.25, 0.3) is 5.69 Å². The third-order valence-corrected chi connectivity index (χ3v) is 3.76. The van der Waals surface area contributed by atoms with Gasteiger partial charge >= 0.3 is 0 Å². The van der Waals surface area contributed by atoms with E-state index in [2.05, 4.69) is 16.0 Å². The fourth-order valence-corrected chi connectivity index (χ4v) is 2.64. The van der Waals surface area contributed by atoms with Crippen LogP contribution >= 0.6 is 0 Å². The highest BCUT2D eigenvalue weighted by Gasteiger charge is 2.18. The molecule has 0 saturated carbocycles. The molecular formula is C15H15N3O2. The lowest BCUT2D eigenvalue weighted by molar-refractivity contribution is -0.385. The van der Waals surface area contributed by atoms with E-state index in [-0.39, 0.29) is 10.6 Å². The second-order valence-electron chi connectivity index (χ2n) is 5.04. The largest absolute Gasteiger partial charge is 0.367 e. The van der Waals surface area contributed by atoms with Gasteiger partial charge in [-0.25, -0.2) is 0 Å². The van der Waals surface area contributed by atoms with E-state index < -0.39 is 0 Å². The Morgan fingerprint density at radius 3 is 2.90 bits per heavy atom. The Bertz CT molecular complexity index is 670. The molecule has 0 unspecified atom stereocenters. The summed E-state index contributed by atoms with van der Waals surface area (Å²) in [6.45, 7) is 3.51. The number of nitrogens with zero attached hydrogens (tertiary/aromatic N) is 3. The molecule has 5 nitrogen and oxygen atoms in total. The summed E-state index contributed by atoms with van der Waals surface area (Å²) < 4.78 is 0. The van der Waals surface area contributed by atoms with E-state index in [1.54, 1.807) is 13.0 Å². The molecule has 0 saturated heterocycles. The van der Waals surface area contributed by atoms with Crippen molar-refractivity contribution in [3.63, 3.8) is 0 Å². The fourth-order valence-electron chi connectivity index (χ4n) is 2.64. The summed E-state index contributed by atoms with van der Waals surface area (Å²) in [6, 6.07) is 7.36. The van der Waals surface area contributed by atoms with Crippen LogP contribution in [-0.4, -0.2) is 16.5 Å². The average Bonchev–Trinajstić information content (AvgIpc) is 2.46. The monoisotopic (exact) mass is 269 g/mol. The van der Waals surface area contributed by atoms with Gasteiger partial charge in [-0.15, -0.1) is 0 Å². The lowest BCUT2D eigenvalue weighted by Gasteiger charge is -2.30. The number of benzene rings is 1. The predicted octanol–water partition coefficient (Wildman–Crippen LogP) is 2.86. The Morgan fingerprint density at radius 1 is 1.30 bits per heavy atom. The number of hydrogen-bond acceptors (Lipinski definition) is 4. The number of aromatic nitrogens is 1. The van der Waals surface area contributed by atoms with E-state index >= 15 is 0 Å². The summed E-state index contributed by atoms with van der Waals surface area (Å²) in [5.74, 6) is 0. The van der Waals surface area contributed by atoms with E-state index in [0.29, 0.717) is 5.56 Å². The number of hydrogen-bond donors (Lipinski definition) is 0. The molecule has 0 radical (unpaired) electrons. The first kappa shape index (κ1) is 12.6. The normalized spacial score (nSPS) is 13.9. The standard InChI is InChI=1S/C15H15N3O2/c1-11-8-14(2-3-15(11)18(19)20)17-7-5-12-4-6-16-9-13(12)10-17/h2-4,6,8-9H,5,7,10H2,1H3. The molecule has 3 rings (SSSR count). The molecule has 102 valence electrons. The van der Waals surface area contributed by atoms with Crippen LogP contribution in [0, 0.1) is 17.0 Å². The maximum absolute atomic E-state index is 10.9. The highest BCUT2D eigenvalue weighted by molar-refractivity contribution is 5.56. The quantitative estimate of drug-likeness (QED) is 0.621. The zero-order valence-corrected chi connectivity index (χ0v) is 11.2. The van der Waals surface area contributed by atoms with Crippen molar-refractivity contribution >= 4 is 11.4 Å². The molecule has 0 atom stereocenters. The third kappa shape index (κ3) is 2.22. The Hall–Kier alpha value is -2.43. The fraction of sp³-hybridized carbons (Fsp3) is 0.267. The zero-order valence-electron chi connectivity index (χ0n) is 11.2. The van der Waals surface area contributed by atoms with Crippen LogP contribution in [0.4, 0.5) is 11.4 Å². The summed E-state index contributed by atoms with van der Waals surface area (Å²) >= 11 is 0. The van der Waals surface area contributed by atoms with E-state index in [0.717, 1.165) is 25.2 Å². The molecule has 0 bridgehead atoms. The minimum atomic E-state index is -0.339. The highest BCUT2D eigenvalue weighted by Crippen LogP contribution is 2.28. The SMILES string of the molecule is Cc1cc(N2CCc3ccncc3C2)ccc1[N+](=O)[O-]. The van der Waals surface area contributed by atoms with Gasteiger partial charge in [0.2, 0.25) is 0 Å². The molecule has 0 aliphatic carbocycles. The highest BCUT2D eigenvalue weighted by atomic mass is 16.6. The van der Waals surface area contributed by atoms with Gasteiger partial charge in [-0.1, -0.05) is 0 Å². The van der Waals surface area contributed by atoms with Crippen molar-refractivity contribution in [2.24, 2.45) is 0 Å². The van der Waals surface area contributed by atoms with Gasteiger partial charge in [-0.3, -0.25) is 15.1 Å². The molecule has 0 amide bonds. The molecule has 1 aliphatic rings. The first-order valence-electron chi connectivity index (χ1n) is 6.57. The van der Waals surface area contributed by atoms with Crippen LogP contribution in [0.3, 0.4) is 0 Å². The van der Waals surface area contributed by atoms with Crippen LogP contribution in [0.2, 0.25) is 0 Å². The van der Waals surface area contributed by atoms with Crippen molar-refractivity contribution in [1.82, 2.24) is 4.98 Å². The first-order valence-corrected chi connectivity index (χ1v) is 6.57. The van der Waals surface area contributed by atoms with Gasteiger partial charge < -0.3 is 4.90 Å². The Balaban J connectivity index is 1.88. The molecule has 2 aromatic rings. The Morgan fingerprint density at radius 2 is 2.15 bits per heavy atom. The molecule has 20 heavy (non-hydrogen) atoms. The molecule has 1 aliphatic heterocycles. The number of fused-ring (bicyclic) bond motifs is 1. The average molecular weight is 269 g/mol. The maximum Gasteiger partial charge on any atom is 0.272 e. The van der Waals surface area contributed by atoms with E-state index in [4.69, 9.17) is 0 Å². The Kier molecular flexibility index (Phi) is 3.10. The number of nitro groups is 1. The number of aryl methyl sites for hydroxylation is 1. The van der Waals surface area contributed by atoms with Crippen molar-refractivity contribution in [3.8, 4) is 0 Å². The van der Waals surface area contributed by atoms with E-state index in [1.165, 1.54) is 11.1 Å². The maximum atomic E-state index is 10.9. The van der Waals surface area contributed by atoms with Crippen molar-refractivity contribution in [3.05, 3.63) is 63.5 Å². The molecule has 1 aromatic carbocycles. The number of pyridine rings is 1. The predicted molar refractivity (Wildman–Crippen MR) is 76.8 cm³/mol. The second kappa shape index (κ2) is 4.92. The lowest BCUT2D eigenvalue weighted by atomic mass is 10.0. The summed E-state index contributed by atoms with van der Waals surface area (Å²) in [7, 11) is 0. The van der Waals surface area contributed by atoms with Crippen LogP contribution in [0.1, 0.15) is 16.7 Å². The zero-order chi connectivity index (χ0) is 14.1. The minimum Gasteiger partial charge on any atom is -0.367 e. The molecule has 0 spiro atoms.